The van der Waals surface area contributed by atoms with Gasteiger partial charge in [0.1, 0.15) is 5.82 Å². The third kappa shape index (κ3) is 2.63. The molecular weight excluding hydrogens is 291 g/mol. The number of amides is 1. The SMILES string of the molecule is O=C(c1ccccc1-c1ccc(F)cc1)N1CC2CNCC2C1. The highest BCUT2D eigenvalue weighted by Crippen LogP contribution is 2.30. The quantitative estimate of drug-likeness (QED) is 0.925. The zero-order valence-corrected chi connectivity index (χ0v) is 12.8. The van der Waals surface area contributed by atoms with Crippen LogP contribution in [0.1, 0.15) is 10.4 Å². The van der Waals surface area contributed by atoms with Crippen molar-refractivity contribution in [2.45, 2.75) is 0 Å². The molecule has 2 heterocycles. The van der Waals surface area contributed by atoms with Crippen LogP contribution in [0.15, 0.2) is 48.5 Å². The molecule has 2 aliphatic rings. The van der Waals surface area contributed by atoms with Gasteiger partial charge in [0.05, 0.1) is 0 Å². The summed E-state index contributed by atoms with van der Waals surface area (Å²) in [6, 6.07) is 13.9. The molecule has 4 heteroatoms. The molecule has 3 nitrogen and oxygen atoms in total. The van der Waals surface area contributed by atoms with Crippen LogP contribution in [0.5, 0.6) is 0 Å². The summed E-state index contributed by atoms with van der Waals surface area (Å²) in [7, 11) is 0. The minimum Gasteiger partial charge on any atom is -0.338 e. The zero-order chi connectivity index (χ0) is 15.8. The molecule has 0 radical (unpaired) electrons. The zero-order valence-electron chi connectivity index (χ0n) is 12.8. The second kappa shape index (κ2) is 5.78. The second-order valence-electron chi connectivity index (χ2n) is 6.44. The van der Waals surface area contributed by atoms with Crippen LogP contribution in [-0.2, 0) is 0 Å². The van der Waals surface area contributed by atoms with Crippen molar-refractivity contribution in [2.75, 3.05) is 26.2 Å². The smallest absolute Gasteiger partial charge is 0.254 e. The van der Waals surface area contributed by atoms with Crippen LogP contribution < -0.4 is 5.32 Å². The molecule has 0 saturated carbocycles. The molecular formula is C19H19FN2O. The molecule has 0 bridgehead atoms. The van der Waals surface area contributed by atoms with Crippen LogP contribution >= 0.6 is 0 Å². The first-order valence-corrected chi connectivity index (χ1v) is 8.07. The molecule has 1 amide bonds. The van der Waals surface area contributed by atoms with E-state index in [0.717, 1.165) is 37.3 Å². The maximum absolute atomic E-state index is 13.2. The Balaban J connectivity index is 1.64. The molecule has 2 atom stereocenters. The van der Waals surface area contributed by atoms with Crippen molar-refractivity contribution < 1.29 is 9.18 Å². The summed E-state index contributed by atoms with van der Waals surface area (Å²) in [4.78, 5) is 14.9. The van der Waals surface area contributed by atoms with Crippen LogP contribution in [0.25, 0.3) is 11.1 Å². The Hall–Kier alpha value is -2.20. The molecule has 23 heavy (non-hydrogen) atoms. The minimum absolute atomic E-state index is 0.0827. The van der Waals surface area contributed by atoms with Crippen molar-refractivity contribution in [1.82, 2.24) is 10.2 Å². The van der Waals surface area contributed by atoms with Gasteiger partial charge in [-0.05, 0) is 41.2 Å². The Kier molecular flexibility index (Phi) is 3.62. The highest BCUT2D eigenvalue weighted by Gasteiger charge is 2.38. The van der Waals surface area contributed by atoms with Gasteiger partial charge in [-0.2, -0.15) is 0 Å². The van der Waals surface area contributed by atoms with E-state index >= 15 is 0 Å². The maximum atomic E-state index is 13.2. The number of fused-ring (bicyclic) bond motifs is 1. The number of carbonyl (C=O) groups excluding carboxylic acids is 1. The summed E-state index contributed by atoms with van der Waals surface area (Å²) >= 11 is 0. The summed E-state index contributed by atoms with van der Waals surface area (Å²) in [6.45, 7) is 3.67. The standard InChI is InChI=1S/C19H19FN2O/c20-16-7-5-13(6-8-16)17-3-1-2-4-18(17)19(23)22-11-14-9-21-10-15(14)12-22/h1-8,14-15,21H,9-12H2. The largest absolute Gasteiger partial charge is 0.338 e. The first-order valence-electron chi connectivity index (χ1n) is 8.07. The topological polar surface area (TPSA) is 32.3 Å². The molecule has 1 N–H and O–H groups in total. The molecule has 2 unspecified atom stereocenters. The van der Waals surface area contributed by atoms with Crippen molar-refractivity contribution >= 4 is 5.91 Å². The van der Waals surface area contributed by atoms with Crippen molar-refractivity contribution in [3.05, 3.63) is 59.9 Å². The monoisotopic (exact) mass is 310 g/mol. The summed E-state index contributed by atoms with van der Waals surface area (Å²) < 4.78 is 13.2. The van der Waals surface area contributed by atoms with E-state index in [4.69, 9.17) is 0 Å². The lowest BCUT2D eigenvalue weighted by Gasteiger charge is -2.19. The van der Waals surface area contributed by atoms with Crippen molar-refractivity contribution in [3.8, 4) is 11.1 Å². The fourth-order valence-electron chi connectivity index (χ4n) is 3.74. The number of nitrogens with zero attached hydrogens (tertiary/aromatic N) is 1. The van der Waals surface area contributed by atoms with Gasteiger partial charge in [0.2, 0.25) is 0 Å². The van der Waals surface area contributed by atoms with E-state index in [1.165, 1.54) is 12.1 Å². The van der Waals surface area contributed by atoms with Crippen LogP contribution in [-0.4, -0.2) is 37.0 Å². The van der Waals surface area contributed by atoms with E-state index in [-0.39, 0.29) is 11.7 Å². The fraction of sp³-hybridized carbons (Fsp3) is 0.316. The molecule has 2 aromatic carbocycles. The average Bonchev–Trinajstić information content (AvgIpc) is 3.17. The Morgan fingerprint density at radius 1 is 1.00 bits per heavy atom. The van der Waals surface area contributed by atoms with E-state index < -0.39 is 0 Å². The van der Waals surface area contributed by atoms with Gasteiger partial charge >= 0.3 is 0 Å². The van der Waals surface area contributed by atoms with E-state index in [0.29, 0.717) is 17.4 Å². The molecule has 2 aromatic rings. The number of halogens is 1. The van der Waals surface area contributed by atoms with Gasteiger partial charge in [0, 0.05) is 31.7 Å². The Bertz CT molecular complexity index is 716. The van der Waals surface area contributed by atoms with Gasteiger partial charge in [-0.25, -0.2) is 4.39 Å². The third-order valence-electron chi connectivity index (χ3n) is 4.99. The molecule has 2 saturated heterocycles. The van der Waals surface area contributed by atoms with Crippen molar-refractivity contribution in [2.24, 2.45) is 11.8 Å². The van der Waals surface area contributed by atoms with Gasteiger partial charge in [0.25, 0.3) is 5.91 Å². The first kappa shape index (κ1) is 14.4. The van der Waals surface area contributed by atoms with Gasteiger partial charge in [-0.15, -0.1) is 0 Å². The van der Waals surface area contributed by atoms with E-state index in [2.05, 4.69) is 5.32 Å². The number of hydrogen-bond donors (Lipinski definition) is 1. The van der Waals surface area contributed by atoms with Crippen LogP contribution in [0.4, 0.5) is 4.39 Å². The summed E-state index contributed by atoms with van der Waals surface area (Å²) in [6.07, 6.45) is 0. The van der Waals surface area contributed by atoms with Crippen LogP contribution in [0, 0.1) is 17.7 Å². The Labute approximate surface area is 135 Å². The van der Waals surface area contributed by atoms with E-state index in [1.54, 1.807) is 12.1 Å². The van der Waals surface area contributed by atoms with Gasteiger partial charge in [-0.1, -0.05) is 30.3 Å². The fourth-order valence-corrected chi connectivity index (χ4v) is 3.74. The lowest BCUT2D eigenvalue weighted by molar-refractivity contribution is 0.0782. The lowest BCUT2D eigenvalue weighted by Crippen LogP contribution is -2.32. The summed E-state index contributed by atoms with van der Waals surface area (Å²) in [5.74, 6) is 0.977. The maximum Gasteiger partial charge on any atom is 0.254 e. The van der Waals surface area contributed by atoms with E-state index in [9.17, 15) is 9.18 Å². The highest BCUT2D eigenvalue weighted by molar-refractivity contribution is 6.01. The van der Waals surface area contributed by atoms with Crippen LogP contribution in [0.3, 0.4) is 0 Å². The molecule has 0 aliphatic carbocycles. The number of rotatable bonds is 2. The van der Waals surface area contributed by atoms with Crippen LogP contribution in [0.2, 0.25) is 0 Å². The third-order valence-corrected chi connectivity index (χ3v) is 4.99. The summed E-state index contributed by atoms with van der Waals surface area (Å²) in [5, 5.41) is 3.39. The molecule has 2 fully saturated rings. The molecule has 4 rings (SSSR count). The lowest BCUT2D eigenvalue weighted by atomic mass is 9.99. The van der Waals surface area contributed by atoms with Gasteiger partial charge in [0.15, 0.2) is 0 Å². The summed E-state index contributed by atoms with van der Waals surface area (Å²) in [5.41, 5.74) is 2.44. The normalized spacial score (nSPS) is 23.1. The average molecular weight is 310 g/mol. The predicted octanol–water partition coefficient (Wildman–Crippen LogP) is 2.78. The Morgan fingerprint density at radius 3 is 2.35 bits per heavy atom. The second-order valence-corrected chi connectivity index (χ2v) is 6.44. The number of carbonyl (C=O) groups is 1. The first-order chi connectivity index (χ1) is 11.2. The van der Waals surface area contributed by atoms with Gasteiger partial charge < -0.3 is 10.2 Å². The van der Waals surface area contributed by atoms with E-state index in [1.807, 2.05) is 29.2 Å². The van der Waals surface area contributed by atoms with Gasteiger partial charge in [-0.3, -0.25) is 4.79 Å². The van der Waals surface area contributed by atoms with Crippen molar-refractivity contribution in [3.63, 3.8) is 0 Å². The molecule has 0 aromatic heterocycles. The molecule has 118 valence electrons. The number of hydrogen-bond acceptors (Lipinski definition) is 2. The number of benzene rings is 2. The van der Waals surface area contributed by atoms with Crippen molar-refractivity contribution in [1.29, 1.82) is 0 Å². The predicted molar refractivity (Wildman–Crippen MR) is 87.6 cm³/mol. The molecule has 0 spiro atoms. The number of nitrogens with one attached hydrogen (secondary N) is 1. The number of likely N-dealkylation sites (tertiary alicyclic amines) is 1. The minimum atomic E-state index is -0.266. The molecule has 2 aliphatic heterocycles. The highest BCUT2D eigenvalue weighted by atomic mass is 19.1. The Morgan fingerprint density at radius 2 is 1.65 bits per heavy atom.